The number of alkyl halides is 1. The Kier molecular flexibility index (Phi) is 3.07. The number of hydrogen-bond acceptors (Lipinski definition) is 3. The Morgan fingerprint density at radius 3 is 2.87 bits per heavy atom. The van der Waals surface area contributed by atoms with Crippen molar-refractivity contribution in [2.24, 2.45) is 0 Å². The topological polar surface area (TPSA) is 30.7 Å². The molecule has 0 aromatic carbocycles. The van der Waals surface area contributed by atoms with Crippen LogP contribution in [0.4, 0.5) is 0 Å². The molecule has 0 amide bonds. The second-order valence-corrected chi connectivity index (χ2v) is 4.71. The standard InChI is InChI=1S/C10H12ClN3S/c1-7(2)14-5-8(4-12-14)10-13-9(3-11)6-15-10/h4-7H,3H2,1-2H3. The molecule has 0 aliphatic carbocycles. The van der Waals surface area contributed by atoms with Gasteiger partial charge in [-0.15, -0.1) is 22.9 Å². The zero-order valence-electron chi connectivity index (χ0n) is 8.64. The molecule has 0 aliphatic heterocycles. The molecule has 0 atom stereocenters. The van der Waals surface area contributed by atoms with Gasteiger partial charge in [0.05, 0.1) is 17.8 Å². The lowest BCUT2D eigenvalue weighted by atomic mass is 10.3. The molecule has 0 spiro atoms. The van der Waals surface area contributed by atoms with Crippen LogP contribution in [0.25, 0.3) is 10.6 Å². The van der Waals surface area contributed by atoms with Crippen LogP contribution >= 0.6 is 22.9 Å². The summed E-state index contributed by atoms with van der Waals surface area (Å²) in [6.07, 6.45) is 3.86. The minimum atomic E-state index is 0.381. The molecule has 0 aliphatic rings. The van der Waals surface area contributed by atoms with Gasteiger partial charge in [-0.05, 0) is 13.8 Å². The fourth-order valence-electron chi connectivity index (χ4n) is 1.23. The zero-order chi connectivity index (χ0) is 10.8. The van der Waals surface area contributed by atoms with E-state index in [9.17, 15) is 0 Å². The summed E-state index contributed by atoms with van der Waals surface area (Å²) in [7, 11) is 0. The average Bonchev–Trinajstić information content (AvgIpc) is 2.86. The molecule has 3 nitrogen and oxygen atoms in total. The molecule has 0 fully saturated rings. The Labute approximate surface area is 97.7 Å². The van der Waals surface area contributed by atoms with Gasteiger partial charge >= 0.3 is 0 Å². The number of hydrogen-bond donors (Lipinski definition) is 0. The molecular weight excluding hydrogens is 230 g/mol. The van der Waals surface area contributed by atoms with Crippen LogP contribution in [-0.4, -0.2) is 14.8 Å². The van der Waals surface area contributed by atoms with Crippen molar-refractivity contribution in [1.29, 1.82) is 0 Å². The maximum atomic E-state index is 5.71. The van der Waals surface area contributed by atoms with Gasteiger partial charge in [0.15, 0.2) is 0 Å². The van der Waals surface area contributed by atoms with Crippen molar-refractivity contribution in [3.05, 3.63) is 23.5 Å². The van der Waals surface area contributed by atoms with E-state index < -0.39 is 0 Å². The van der Waals surface area contributed by atoms with Gasteiger partial charge in [-0.3, -0.25) is 4.68 Å². The maximum Gasteiger partial charge on any atom is 0.126 e. The minimum absolute atomic E-state index is 0.381. The Balaban J connectivity index is 2.28. The highest BCUT2D eigenvalue weighted by Gasteiger charge is 2.07. The third-order valence-electron chi connectivity index (χ3n) is 2.07. The van der Waals surface area contributed by atoms with Gasteiger partial charge in [0.1, 0.15) is 5.01 Å². The molecule has 0 unspecified atom stereocenters. The average molecular weight is 242 g/mol. The number of aromatic nitrogens is 3. The van der Waals surface area contributed by atoms with Crippen molar-refractivity contribution >= 4 is 22.9 Å². The summed E-state index contributed by atoms with van der Waals surface area (Å²) in [4.78, 5) is 4.40. The van der Waals surface area contributed by atoms with Crippen molar-refractivity contribution < 1.29 is 0 Å². The van der Waals surface area contributed by atoms with Crippen LogP contribution in [0.15, 0.2) is 17.8 Å². The fourth-order valence-corrected chi connectivity index (χ4v) is 2.26. The van der Waals surface area contributed by atoms with Crippen molar-refractivity contribution in [2.45, 2.75) is 25.8 Å². The van der Waals surface area contributed by atoms with Crippen LogP contribution in [0.5, 0.6) is 0 Å². The second-order valence-electron chi connectivity index (χ2n) is 3.58. The van der Waals surface area contributed by atoms with E-state index in [0.29, 0.717) is 11.9 Å². The first kappa shape index (κ1) is 10.6. The maximum absolute atomic E-state index is 5.71. The molecule has 0 N–H and O–H groups in total. The Hall–Kier alpha value is -0.870. The van der Waals surface area contributed by atoms with Gasteiger partial charge in [0.25, 0.3) is 0 Å². The Morgan fingerprint density at radius 2 is 2.33 bits per heavy atom. The molecule has 0 saturated carbocycles. The van der Waals surface area contributed by atoms with Gasteiger partial charge in [-0.1, -0.05) is 0 Å². The summed E-state index contributed by atoms with van der Waals surface area (Å²) >= 11 is 7.31. The number of halogens is 1. The van der Waals surface area contributed by atoms with Crippen LogP contribution < -0.4 is 0 Å². The molecule has 2 aromatic rings. The highest BCUT2D eigenvalue weighted by molar-refractivity contribution is 7.13. The van der Waals surface area contributed by atoms with E-state index in [1.807, 2.05) is 22.5 Å². The van der Waals surface area contributed by atoms with E-state index >= 15 is 0 Å². The molecule has 0 saturated heterocycles. The quantitative estimate of drug-likeness (QED) is 0.772. The van der Waals surface area contributed by atoms with Crippen LogP contribution in [-0.2, 0) is 5.88 Å². The van der Waals surface area contributed by atoms with Crippen LogP contribution in [0.3, 0.4) is 0 Å². The van der Waals surface area contributed by atoms with Gasteiger partial charge in [-0.2, -0.15) is 5.10 Å². The van der Waals surface area contributed by atoms with Gasteiger partial charge in [0, 0.05) is 23.2 Å². The molecule has 0 bridgehead atoms. The van der Waals surface area contributed by atoms with E-state index in [2.05, 4.69) is 23.9 Å². The van der Waals surface area contributed by atoms with Crippen molar-refractivity contribution in [2.75, 3.05) is 0 Å². The van der Waals surface area contributed by atoms with E-state index in [-0.39, 0.29) is 0 Å². The molecule has 2 aromatic heterocycles. The lowest BCUT2D eigenvalue weighted by Crippen LogP contribution is -1.99. The normalized spacial score (nSPS) is 11.2. The molecule has 80 valence electrons. The number of nitrogens with zero attached hydrogens (tertiary/aromatic N) is 3. The van der Waals surface area contributed by atoms with E-state index in [1.54, 1.807) is 11.3 Å². The summed E-state index contributed by atoms with van der Waals surface area (Å²) in [5.74, 6) is 0.467. The second kappa shape index (κ2) is 4.33. The van der Waals surface area contributed by atoms with Crippen molar-refractivity contribution in [1.82, 2.24) is 14.8 Å². The van der Waals surface area contributed by atoms with E-state index in [0.717, 1.165) is 16.3 Å². The first-order chi connectivity index (χ1) is 7.20. The SMILES string of the molecule is CC(C)n1cc(-c2nc(CCl)cs2)cn1. The Morgan fingerprint density at radius 1 is 1.53 bits per heavy atom. The lowest BCUT2D eigenvalue weighted by Gasteiger charge is -2.02. The van der Waals surface area contributed by atoms with Crippen LogP contribution in [0, 0.1) is 0 Å². The number of rotatable bonds is 3. The summed E-state index contributed by atoms with van der Waals surface area (Å²) in [5.41, 5.74) is 1.99. The summed E-state index contributed by atoms with van der Waals surface area (Å²) in [5, 5.41) is 7.24. The highest BCUT2D eigenvalue weighted by atomic mass is 35.5. The van der Waals surface area contributed by atoms with Gasteiger partial charge < -0.3 is 0 Å². The monoisotopic (exact) mass is 241 g/mol. The molecule has 5 heteroatoms. The summed E-state index contributed by atoms with van der Waals surface area (Å²) < 4.78 is 1.93. The highest BCUT2D eigenvalue weighted by Crippen LogP contribution is 2.24. The van der Waals surface area contributed by atoms with Gasteiger partial charge in [-0.25, -0.2) is 4.98 Å². The lowest BCUT2D eigenvalue weighted by molar-refractivity contribution is 0.532. The van der Waals surface area contributed by atoms with Crippen LogP contribution in [0.1, 0.15) is 25.6 Å². The summed E-state index contributed by atoms with van der Waals surface area (Å²) in [6.45, 7) is 4.20. The molecule has 0 radical (unpaired) electrons. The predicted octanol–water partition coefficient (Wildman–Crippen LogP) is 3.33. The van der Waals surface area contributed by atoms with E-state index in [1.165, 1.54) is 0 Å². The number of thiazole rings is 1. The molecular formula is C10H12ClN3S. The largest absolute Gasteiger partial charge is 0.270 e. The minimum Gasteiger partial charge on any atom is -0.270 e. The van der Waals surface area contributed by atoms with Gasteiger partial charge in [0.2, 0.25) is 0 Å². The smallest absolute Gasteiger partial charge is 0.126 e. The fraction of sp³-hybridized carbons (Fsp3) is 0.400. The predicted molar refractivity (Wildman–Crippen MR) is 63.3 cm³/mol. The zero-order valence-corrected chi connectivity index (χ0v) is 10.2. The third kappa shape index (κ3) is 2.21. The molecule has 2 heterocycles. The van der Waals surface area contributed by atoms with Crippen LogP contribution in [0.2, 0.25) is 0 Å². The van der Waals surface area contributed by atoms with E-state index in [4.69, 9.17) is 11.6 Å². The third-order valence-corrected chi connectivity index (χ3v) is 3.28. The molecule has 15 heavy (non-hydrogen) atoms. The first-order valence-corrected chi connectivity index (χ1v) is 6.17. The van der Waals surface area contributed by atoms with Crippen molar-refractivity contribution in [3.63, 3.8) is 0 Å². The Bertz CT molecular complexity index is 447. The first-order valence-electron chi connectivity index (χ1n) is 4.75. The molecule has 2 rings (SSSR count). The summed E-state index contributed by atoms with van der Waals surface area (Å²) in [6, 6.07) is 0.381. The van der Waals surface area contributed by atoms with Crippen molar-refractivity contribution in [3.8, 4) is 10.6 Å².